The molecule has 0 saturated heterocycles. The van der Waals surface area contributed by atoms with E-state index >= 15 is 0 Å². The number of thiazole rings is 1. The third-order valence-corrected chi connectivity index (χ3v) is 4.09. The number of carboxylic acids is 1. The second kappa shape index (κ2) is 5.81. The van der Waals surface area contributed by atoms with Gasteiger partial charge in [-0.05, 0) is 31.5 Å². The molecule has 2 N–H and O–H groups in total. The zero-order valence-corrected chi connectivity index (χ0v) is 12.8. The number of carboxylic acid groups (broad SMARTS) is 1. The molecular formula is C14H15ClN2O2S. The number of benzene rings is 1. The van der Waals surface area contributed by atoms with Crippen molar-refractivity contribution in [1.82, 2.24) is 4.98 Å². The molecule has 2 rings (SSSR count). The number of aromatic nitrogens is 1. The van der Waals surface area contributed by atoms with Crippen LogP contribution in [0, 0.1) is 0 Å². The molecule has 0 radical (unpaired) electrons. The predicted molar refractivity (Wildman–Crippen MR) is 81.6 cm³/mol. The molecule has 0 spiro atoms. The number of anilines is 1. The number of rotatable bonds is 5. The lowest BCUT2D eigenvalue weighted by molar-refractivity contribution is -0.142. The third-order valence-electron chi connectivity index (χ3n) is 3.04. The molecular weight excluding hydrogens is 296 g/mol. The summed E-state index contributed by atoms with van der Waals surface area (Å²) in [6.45, 7) is 3.92. The van der Waals surface area contributed by atoms with Crippen molar-refractivity contribution in [3.05, 3.63) is 45.9 Å². The maximum Gasteiger partial charge on any atom is 0.315 e. The molecule has 1 aromatic heterocycles. The van der Waals surface area contributed by atoms with E-state index in [1.165, 1.54) is 11.3 Å². The van der Waals surface area contributed by atoms with Crippen molar-refractivity contribution in [2.45, 2.75) is 25.8 Å². The molecule has 20 heavy (non-hydrogen) atoms. The van der Waals surface area contributed by atoms with Gasteiger partial charge in [-0.1, -0.05) is 23.7 Å². The van der Waals surface area contributed by atoms with Crippen molar-refractivity contribution in [3.63, 3.8) is 0 Å². The molecule has 106 valence electrons. The van der Waals surface area contributed by atoms with Crippen molar-refractivity contribution >= 4 is 34.0 Å². The molecule has 0 aliphatic heterocycles. The first-order valence-electron chi connectivity index (χ1n) is 6.07. The molecule has 1 aromatic carbocycles. The first-order chi connectivity index (χ1) is 9.39. The fourth-order valence-electron chi connectivity index (χ4n) is 1.53. The maximum atomic E-state index is 11.2. The lowest BCUT2D eigenvalue weighted by Gasteiger charge is -2.15. The Balaban J connectivity index is 2.03. The fraction of sp³-hybridized carbons (Fsp3) is 0.286. The van der Waals surface area contributed by atoms with Crippen LogP contribution in [0.4, 0.5) is 5.13 Å². The van der Waals surface area contributed by atoms with Gasteiger partial charge in [0.05, 0.1) is 5.69 Å². The van der Waals surface area contributed by atoms with Crippen molar-refractivity contribution in [2.75, 3.05) is 5.32 Å². The van der Waals surface area contributed by atoms with Gasteiger partial charge in [-0.15, -0.1) is 11.3 Å². The second-order valence-electron chi connectivity index (χ2n) is 4.95. The SMILES string of the molecule is CC(C)(C(=O)O)c1csc(NCc2ccc(Cl)cc2)n1. The number of hydrogen-bond acceptors (Lipinski definition) is 4. The molecule has 0 bridgehead atoms. The van der Waals surface area contributed by atoms with Gasteiger partial charge in [0, 0.05) is 16.9 Å². The van der Waals surface area contributed by atoms with Gasteiger partial charge in [-0.3, -0.25) is 4.79 Å². The molecule has 0 amide bonds. The number of carbonyl (C=O) groups is 1. The van der Waals surface area contributed by atoms with E-state index in [2.05, 4.69) is 10.3 Å². The summed E-state index contributed by atoms with van der Waals surface area (Å²) in [5.41, 5.74) is 0.675. The van der Waals surface area contributed by atoms with Gasteiger partial charge < -0.3 is 10.4 Å². The number of hydrogen-bond donors (Lipinski definition) is 2. The van der Waals surface area contributed by atoms with Gasteiger partial charge in [-0.25, -0.2) is 4.98 Å². The summed E-state index contributed by atoms with van der Waals surface area (Å²) in [6, 6.07) is 7.54. The molecule has 4 nitrogen and oxygen atoms in total. The van der Waals surface area contributed by atoms with Crippen LogP contribution in [0.2, 0.25) is 5.02 Å². The highest BCUT2D eigenvalue weighted by molar-refractivity contribution is 7.13. The highest BCUT2D eigenvalue weighted by atomic mass is 35.5. The Kier molecular flexibility index (Phi) is 4.30. The Morgan fingerprint density at radius 1 is 1.40 bits per heavy atom. The van der Waals surface area contributed by atoms with Crippen LogP contribution < -0.4 is 5.32 Å². The minimum Gasteiger partial charge on any atom is -0.481 e. The van der Waals surface area contributed by atoms with E-state index in [1.54, 1.807) is 19.2 Å². The summed E-state index contributed by atoms with van der Waals surface area (Å²) < 4.78 is 0. The molecule has 0 atom stereocenters. The largest absolute Gasteiger partial charge is 0.481 e. The summed E-state index contributed by atoms with van der Waals surface area (Å²) in [5.74, 6) is -0.882. The Labute approximate surface area is 126 Å². The monoisotopic (exact) mass is 310 g/mol. The minimum atomic E-state index is -0.975. The Bertz CT molecular complexity index is 608. The Hall–Kier alpha value is -1.59. The highest BCUT2D eigenvalue weighted by Gasteiger charge is 2.32. The van der Waals surface area contributed by atoms with Crippen molar-refractivity contribution < 1.29 is 9.90 Å². The number of halogens is 1. The van der Waals surface area contributed by atoms with E-state index in [9.17, 15) is 4.79 Å². The van der Waals surface area contributed by atoms with Crippen LogP contribution in [0.1, 0.15) is 25.1 Å². The molecule has 1 heterocycles. The lowest BCUT2D eigenvalue weighted by Crippen LogP contribution is -2.28. The van der Waals surface area contributed by atoms with Gasteiger partial charge >= 0.3 is 5.97 Å². The summed E-state index contributed by atoms with van der Waals surface area (Å²) in [7, 11) is 0. The van der Waals surface area contributed by atoms with Crippen LogP contribution in [-0.2, 0) is 16.8 Å². The minimum absolute atomic E-state index is 0.564. The van der Waals surface area contributed by atoms with E-state index in [0.29, 0.717) is 22.4 Å². The quantitative estimate of drug-likeness (QED) is 0.882. The van der Waals surface area contributed by atoms with Crippen LogP contribution in [0.25, 0.3) is 0 Å². The van der Waals surface area contributed by atoms with E-state index < -0.39 is 11.4 Å². The van der Waals surface area contributed by atoms with Crippen LogP contribution in [0.3, 0.4) is 0 Å². The number of aliphatic carboxylic acids is 1. The smallest absolute Gasteiger partial charge is 0.315 e. The summed E-state index contributed by atoms with van der Waals surface area (Å²) >= 11 is 7.23. The molecule has 6 heteroatoms. The molecule has 2 aromatic rings. The van der Waals surface area contributed by atoms with Gasteiger partial charge in [0.25, 0.3) is 0 Å². The van der Waals surface area contributed by atoms with Gasteiger partial charge in [0.15, 0.2) is 5.13 Å². The lowest BCUT2D eigenvalue weighted by atomic mass is 9.90. The molecule has 0 unspecified atom stereocenters. The normalized spacial score (nSPS) is 11.3. The average molecular weight is 311 g/mol. The molecule has 0 aliphatic carbocycles. The topological polar surface area (TPSA) is 62.2 Å². The first-order valence-corrected chi connectivity index (χ1v) is 7.33. The Morgan fingerprint density at radius 3 is 2.65 bits per heavy atom. The van der Waals surface area contributed by atoms with Gasteiger partial charge in [0.2, 0.25) is 0 Å². The third kappa shape index (κ3) is 3.29. The van der Waals surface area contributed by atoms with Gasteiger partial charge in [0.1, 0.15) is 5.41 Å². The van der Waals surface area contributed by atoms with Crippen molar-refractivity contribution in [3.8, 4) is 0 Å². The zero-order valence-electron chi connectivity index (χ0n) is 11.2. The predicted octanol–water partition coefficient (Wildman–Crippen LogP) is 3.77. The van der Waals surface area contributed by atoms with Crippen LogP contribution in [-0.4, -0.2) is 16.1 Å². The number of nitrogens with zero attached hydrogens (tertiary/aromatic N) is 1. The van der Waals surface area contributed by atoms with Crippen molar-refractivity contribution in [2.24, 2.45) is 0 Å². The Morgan fingerprint density at radius 2 is 2.05 bits per heavy atom. The summed E-state index contributed by atoms with van der Waals surface area (Å²) in [4.78, 5) is 15.5. The van der Waals surface area contributed by atoms with Crippen LogP contribution in [0.15, 0.2) is 29.6 Å². The molecule has 0 aliphatic rings. The fourth-order valence-corrected chi connectivity index (χ4v) is 2.53. The van der Waals surface area contributed by atoms with Gasteiger partial charge in [-0.2, -0.15) is 0 Å². The van der Waals surface area contributed by atoms with Crippen molar-refractivity contribution in [1.29, 1.82) is 0 Å². The first kappa shape index (κ1) is 14.8. The van der Waals surface area contributed by atoms with E-state index in [1.807, 2.05) is 24.3 Å². The van der Waals surface area contributed by atoms with E-state index in [0.717, 1.165) is 5.56 Å². The molecule has 0 fully saturated rings. The number of nitrogens with one attached hydrogen (secondary N) is 1. The average Bonchev–Trinajstić information content (AvgIpc) is 2.87. The zero-order chi connectivity index (χ0) is 14.8. The standard InChI is InChI=1S/C14H15ClN2O2S/c1-14(2,12(18)19)11-8-20-13(17-11)16-7-9-3-5-10(15)6-4-9/h3-6,8H,7H2,1-2H3,(H,16,17)(H,18,19). The maximum absolute atomic E-state index is 11.2. The van der Waals surface area contributed by atoms with E-state index in [4.69, 9.17) is 16.7 Å². The molecule has 0 saturated carbocycles. The highest BCUT2D eigenvalue weighted by Crippen LogP contribution is 2.27. The van der Waals surface area contributed by atoms with E-state index in [-0.39, 0.29) is 0 Å². The summed E-state index contributed by atoms with van der Waals surface area (Å²) in [6.07, 6.45) is 0. The summed E-state index contributed by atoms with van der Waals surface area (Å²) in [5, 5.41) is 15.5. The van der Waals surface area contributed by atoms with Crippen LogP contribution in [0.5, 0.6) is 0 Å². The van der Waals surface area contributed by atoms with Crippen LogP contribution >= 0.6 is 22.9 Å². The second-order valence-corrected chi connectivity index (χ2v) is 6.24.